The van der Waals surface area contributed by atoms with Crippen LogP contribution in [0.4, 0.5) is 0 Å². The van der Waals surface area contributed by atoms with Crippen molar-refractivity contribution in [1.29, 1.82) is 0 Å². The number of aryl methyl sites for hydroxylation is 1. The molecular formula is C12H13IN2O. The van der Waals surface area contributed by atoms with Gasteiger partial charge in [0.1, 0.15) is 10.4 Å². The molecule has 2 aromatic rings. The molecule has 1 aromatic carbocycles. The summed E-state index contributed by atoms with van der Waals surface area (Å²) in [7, 11) is 0. The predicted octanol–water partition coefficient (Wildman–Crippen LogP) is 2.97. The lowest BCUT2D eigenvalue weighted by molar-refractivity contribution is 0.0544. The summed E-state index contributed by atoms with van der Waals surface area (Å²) in [5.41, 5.74) is 2.37. The van der Waals surface area contributed by atoms with Gasteiger partial charge in [-0.1, -0.05) is 30.3 Å². The minimum Gasteiger partial charge on any atom is -0.355 e. The summed E-state index contributed by atoms with van der Waals surface area (Å²) < 4.78 is 8.59. The molecule has 84 valence electrons. The van der Waals surface area contributed by atoms with Gasteiger partial charge in [-0.25, -0.2) is 4.68 Å². The molecule has 4 heteroatoms. The van der Waals surface area contributed by atoms with Crippen LogP contribution >= 0.6 is 22.6 Å². The lowest BCUT2D eigenvalue weighted by Crippen LogP contribution is -2.06. The zero-order valence-electron chi connectivity index (χ0n) is 9.06. The van der Waals surface area contributed by atoms with Crippen LogP contribution in [0.5, 0.6) is 0 Å². The van der Waals surface area contributed by atoms with E-state index in [0.29, 0.717) is 13.3 Å². The van der Waals surface area contributed by atoms with Gasteiger partial charge in [-0.15, -0.1) is 0 Å². The molecule has 0 aliphatic heterocycles. The summed E-state index contributed by atoms with van der Waals surface area (Å²) in [6.45, 7) is 3.17. The molecule has 0 fully saturated rings. The van der Waals surface area contributed by atoms with E-state index in [1.54, 1.807) is 0 Å². The SMILES string of the molecule is Cc1cnn(COCc2ccccc2)c1I. The van der Waals surface area contributed by atoms with Crippen molar-refractivity contribution < 1.29 is 4.74 Å². The zero-order chi connectivity index (χ0) is 11.4. The topological polar surface area (TPSA) is 27.1 Å². The first-order valence-corrected chi connectivity index (χ1v) is 6.15. The fourth-order valence-corrected chi connectivity index (χ4v) is 1.78. The van der Waals surface area contributed by atoms with Crippen LogP contribution < -0.4 is 0 Å². The highest BCUT2D eigenvalue weighted by Gasteiger charge is 2.02. The summed E-state index contributed by atoms with van der Waals surface area (Å²) in [6, 6.07) is 10.1. The molecule has 1 aromatic heterocycles. The number of rotatable bonds is 4. The number of halogens is 1. The van der Waals surface area contributed by atoms with E-state index in [1.807, 2.05) is 36.0 Å². The first kappa shape index (κ1) is 11.6. The Hall–Kier alpha value is -0.880. The van der Waals surface area contributed by atoms with Gasteiger partial charge < -0.3 is 4.74 Å². The van der Waals surface area contributed by atoms with Crippen molar-refractivity contribution in [3.05, 3.63) is 51.4 Å². The smallest absolute Gasteiger partial charge is 0.140 e. The highest BCUT2D eigenvalue weighted by atomic mass is 127. The Morgan fingerprint density at radius 2 is 2.06 bits per heavy atom. The first-order valence-electron chi connectivity index (χ1n) is 5.07. The molecule has 0 N–H and O–H groups in total. The highest BCUT2D eigenvalue weighted by Crippen LogP contribution is 2.10. The van der Waals surface area contributed by atoms with E-state index in [0.717, 1.165) is 3.70 Å². The minimum atomic E-state index is 0.501. The second-order valence-corrected chi connectivity index (χ2v) is 4.60. The van der Waals surface area contributed by atoms with Crippen molar-refractivity contribution in [2.75, 3.05) is 0 Å². The number of benzene rings is 1. The van der Waals surface area contributed by atoms with Crippen molar-refractivity contribution in [1.82, 2.24) is 9.78 Å². The monoisotopic (exact) mass is 328 g/mol. The van der Waals surface area contributed by atoms with Gasteiger partial charge in [-0.05, 0) is 35.1 Å². The van der Waals surface area contributed by atoms with E-state index in [2.05, 4.69) is 39.8 Å². The Balaban J connectivity index is 1.87. The Morgan fingerprint density at radius 1 is 1.31 bits per heavy atom. The molecule has 0 radical (unpaired) electrons. The van der Waals surface area contributed by atoms with Gasteiger partial charge in [0.05, 0.1) is 12.8 Å². The molecule has 16 heavy (non-hydrogen) atoms. The summed E-state index contributed by atoms with van der Waals surface area (Å²) in [6.07, 6.45) is 1.85. The van der Waals surface area contributed by atoms with Crippen LogP contribution in [0.3, 0.4) is 0 Å². The van der Waals surface area contributed by atoms with Gasteiger partial charge in [-0.2, -0.15) is 5.10 Å². The van der Waals surface area contributed by atoms with Crippen LogP contribution in [0.1, 0.15) is 11.1 Å². The molecule has 1 heterocycles. The summed E-state index contributed by atoms with van der Waals surface area (Å²) in [4.78, 5) is 0. The molecule has 0 spiro atoms. The molecule has 0 saturated heterocycles. The fourth-order valence-electron chi connectivity index (χ4n) is 1.38. The third-order valence-corrected chi connectivity index (χ3v) is 3.68. The van der Waals surface area contributed by atoms with Crippen LogP contribution in [-0.2, 0) is 18.1 Å². The third-order valence-electron chi connectivity index (χ3n) is 2.27. The van der Waals surface area contributed by atoms with Gasteiger partial charge in [0.25, 0.3) is 0 Å². The molecule has 0 unspecified atom stereocenters. The van der Waals surface area contributed by atoms with E-state index < -0.39 is 0 Å². The van der Waals surface area contributed by atoms with E-state index in [4.69, 9.17) is 4.74 Å². The quantitative estimate of drug-likeness (QED) is 0.807. The fraction of sp³-hybridized carbons (Fsp3) is 0.250. The van der Waals surface area contributed by atoms with Gasteiger partial charge >= 0.3 is 0 Å². The van der Waals surface area contributed by atoms with Crippen LogP contribution in [0.15, 0.2) is 36.5 Å². The van der Waals surface area contributed by atoms with Crippen LogP contribution in [0.25, 0.3) is 0 Å². The minimum absolute atomic E-state index is 0.501. The van der Waals surface area contributed by atoms with E-state index in [1.165, 1.54) is 11.1 Å². The highest BCUT2D eigenvalue weighted by molar-refractivity contribution is 14.1. The molecule has 0 amide bonds. The van der Waals surface area contributed by atoms with E-state index in [-0.39, 0.29) is 0 Å². The van der Waals surface area contributed by atoms with Gasteiger partial charge in [0, 0.05) is 5.56 Å². The van der Waals surface area contributed by atoms with Crippen LogP contribution in [-0.4, -0.2) is 9.78 Å². The maximum absolute atomic E-state index is 5.60. The number of hydrogen-bond acceptors (Lipinski definition) is 2. The van der Waals surface area contributed by atoms with Crippen molar-refractivity contribution in [2.24, 2.45) is 0 Å². The molecule has 2 rings (SSSR count). The van der Waals surface area contributed by atoms with Crippen LogP contribution in [0, 0.1) is 10.6 Å². The maximum atomic E-state index is 5.60. The van der Waals surface area contributed by atoms with Crippen molar-refractivity contribution in [3.63, 3.8) is 0 Å². The summed E-state index contributed by atoms with van der Waals surface area (Å²) in [5, 5.41) is 4.23. The molecular weight excluding hydrogens is 315 g/mol. The largest absolute Gasteiger partial charge is 0.355 e. The lowest BCUT2D eigenvalue weighted by Gasteiger charge is -2.05. The molecule has 0 atom stereocenters. The van der Waals surface area contributed by atoms with Gasteiger partial charge in [-0.3, -0.25) is 0 Å². The normalized spacial score (nSPS) is 10.6. The van der Waals surface area contributed by atoms with Gasteiger partial charge in [0.15, 0.2) is 0 Å². The second-order valence-electron chi connectivity index (χ2n) is 3.58. The van der Waals surface area contributed by atoms with Gasteiger partial charge in [0.2, 0.25) is 0 Å². The average molecular weight is 328 g/mol. The Morgan fingerprint density at radius 3 is 2.69 bits per heavy atom. The maximum Gasteiger partial charge on any atom is 0.140 e. The standard InChI is InChI=1S/C12H13IN2O/c1-10-7-14-15(12(10)13)9-16-8-11-5-3-2-4-6-11/h2-7H,8-9H2,1H3. The first-order chi connectivity index (χ1) is 7.77. The van der Waals surface area contributed by atoms with Crippen molar-refractivity contribution >= 4 is 22.6 Å². The number of ether oxygens (including phenoxy) is 1. The van der Waals surface area contributed by atoms with E-state index >= 15 is 0 Å². The summed E-state index contributed by atoms with van der Waals surface area (Å²) >= 11 is 2.27. The average Bonchev–Trinajstić information content (AvgIpc) is 2.62. The van der Waals surface area contributed by atoms with Crippen molar-refractivity contribution in [3.8, 4) is 0 Å². The number of hydrogen-bond donors (Lipinski definition) is 0. The molecule has 0 aliphatic rings. The Kier molecular flexibility index (Phi) is 3.95. The predicted molar refractivity (Wildman–Crippen MR) is 70.9 cm³/mol. The Bertz CT molecular complexity index is 453. The zero-order valence-corrected chi connectivity index (χ0v) is 11.2. The second kappa shape index (κ2) is 5.45. The number of aromatic nitrogens is 2. The summed E-state index contributed by atoms with van der Waals surface area (Å²) in [5.74, 6) is 0. The third kappa shape index (κ3) is 2.82. The Labute approximate surface area is 109 Å². The van der Waals surface area contributed by atoms with E-state index in [9.17, 15) is 0 Å². The lowest BCUT2D eigenvalue weighted by atomic mass is 10.2. The molecule has 0 aliphatic carbocycles. The molecule has 0 saturated carbocycles. The molecule has 3 nitrogen and oxygen atoms in total. The van der Waals surface area contributed by atoms with Crippen LogP contribution in [0.2, 0.25) is 0 Å². The molecule has 0 bridgehead atoms. The number of nitrogens with zero attached hydrogens (tertiary/aromatic N) is 2. The van der Waals surface area contributed by atoms with Crippen molar-refractivity contribution in [2.45, 2.75) is 20.3 Å².